The van der Waals surface area contributed by atoms with Crippen molar-refractivity contribution in [3.8, 4) is 0 Å². The Morgan fingerprint density at radius 1 is 1.29 bits per heavy atom. The van der Waals surface area contributed by atoms with Gasteiger partial charge in [0.25, 0.3) is 0 Å². The highest BCUT2D eigenvalue weighted by Gasteiger charge is 2.23. The Hall–Kier alpha value is -0.140. The zero-order chi connectivity index (χ0) is 12.5. The van der Waals surface area contributed by atoms with Crippen LogP contribution in [0.2, 0.25) is 0 Å². The lowest BCUT2D eigenvalue weighted by atomic mass is 10.1. The third-order valence-corrected chi connectivity index (χ3v) is 5.46. The van der Waals surface area contributed by atoms with Crippen molar-refractivity contribution in [3.05, 3.63) is 21.2 Å². The monoisotopic (exact) mass is 382 g/mol. The summed E-state index contributed by atoms with van der Waals surface area (Å²) in [7, 11) is -2.80. The Bertz CT molecular complexity index is 505. The molecule has 1 fully saturated rings. The highest BCUT2D eigenvalue weighted by Crippen LogP contribution is 2.25. The van der Waals surface area contributed by atoms with Crippen LogP contribution in [0.4, 0.5) is 5.82 Å². The molecule has 0 spiro atoms. The van der Waals surface area contributed by atoms with Crippen molar-refractivity contribution < 1.29 is 8.42 Å². The van der Waals surface area contributed by atoms with Gasteiger partial charge in [0, 0.05) is 16.7 Å². The van der Waals surface area contributed by atoms with Gasteiger partial charge in [-0.05, 0) is 50.8 Å². The summed E-state index contributed by atoms with van der Waals surface area (Å²) in [6.07, 6.45) is 3.01. The van der Waals surface area contributed by atoms with E-state index >= 15 is 0 Å². The molecule has 1 aromatic rings. The summed E-state index contributed by atoms with van der Waals surface area (Å²) in [5.74, 6) is 1.29. The van der Waals surface area contributed by atoms with E-state index in [1.165, 1.54) is 0 Å². The van der Waals surface area contributed by atoms with E-state index in [9.17, 15) is 8.42 Å². The lowest BCUT2D eigenvalue weighted by Crippen LogP contribution is -2.32. The van der Waals surface area contributed by atoms with Gasteiger partial charge in [-0.25, -0.2) is 13.4 Å². The molecule has 1 aromatic heterocycles. The minimum atomic E-state index is -2.80. The van der Waals surface area contributed by atoms with E-state index in [-0.39, 0.29) is 17.5 Å². The number of pyridine rings is 1. The van der Waals surface area contributed by atoms with E-state index in [1.54, 1.807) is 6.20 Å². The van der Waals surface area contributed by atoms with Crippen LogP contribution >= 0.6 is 31.9 Å². The van der Waals surface area contributed by atoms with Crippen LogP contribution in [0.1, 0.15) is 12.8 Å². The molecule has 4 nitrogen and oxygen atoms in total. The summed E-state index contributed by atoms with van der Waals surface area (Å²) in [4.78, 5) is 4.25. The molecule has 0 amide bonds. The molecule has 2 heterocycles. The van der Waals surface area contributed by atoms with Gasteiger partial charge in [-0.3, -0.25) is 0 Å². The van der Waals surface area contributed by atoms with Gasteiger partial charge in [-0.2, -0.15) is 0 Å². The molecule has 1 saturated heterocycles. The maximum absolute atomic E-state index is 11.3. The fourth-order valence-electron chi connectivity index (χ4n) is 1.75. The molecule has 0 aliphatic carbocycles. The fourth-order valence-corrected chi connectivity index (χ4v) is 4.34. The molecule has 0 aromatic carbocycles. The SMILES string of the molecule is O=S1(=O)CCC(Nc2ncc(Br)cc2Br)CC1. The number of halogens is 2. The molecule has 94 valence electrons. The molecule has 0 radical (unpaired) electrons. The molecule has 0 unspecified atom stereocenters. The smallest absolute Gasteiger partial charge is 0.150 e. The van der Waals surface area contributed by atoms with Crippen LogP contribution in [0.25, 0.3) is 0 Å². The van der Waals surface area contributed by atoms with Gasteiger partial charge in [-0.15, -0.1) is 0 Å². The predicted octanol–water partition coefficient (Wildman–Crippen LogP) is 2.60. The maximum Gasteiger partial charge on any atom is 0.150 e. The van der Waals surface area contributed by atoms with Crippen molar-refractivity contribution in [2.75, 3.05) is 16.8 Å². The Morgan fingerprint density at radius 3 is 2.53 bits per heavy atom. The number of nitrogens with zero attached hydrogens (tertiary/aromatic N) is 1. The molecule has 1 aliphatic rings. The highest BCUT2D eigenvalue weighted by molar-refractivity contribution is 9.11. The second-order valence-corrected chi connectivity index (χ2v) is 8.13. The van der Waals surface area contributed by atoms with Gasteiger partial charge in [-0.1, -0.05) is 0 Å². The summed E-state index contributed by atoms with van der Waals surface area (Å²) in [6, 6.07) is 2.10. The number of hydrogen-bond donors (Lipinski definition) is 1. The number of aromatic nitrogens is 1. The average molecular weight is 384 g/mol. The van der Waals surface area contributed by atoms with Crippen molar-refractivity contribution in [1.29, 1.82) is 0 Å². The van der Waals surface area contributed by atoms with E-state index < -0.39 is 9.84 Å². The Labute approximate surface area is 117 Å². The molecular formula is C10H12Br2N2O2S. The van der Waals surface area contributed by atoms with Gasteiger partial charge in [0.05, 0.1) is 16.0 Å². The molecule has 2 rings (SSSR count). The van der Waals surface area contributed by atoms with E-state index in [0.717, 1.165) is 14.8 Å². The molecule has 1 N–H and O–H groups in total. The van der Waals surface area contributed by atoms with Crippen molar-refractivity contribution in [2.45, 2.75) is 18.9 Å². The van der Waals surface area contributed by atoms with Gasteiger partial charge < -0.3 is 5.32 Å². The van der Waals surface area contributed by atoms with Crippen LogP contribution in [0.3, 0.4) is 0 Å². The number of nitrogens with one attached hydrogen (secondary N) is 1. The summed E-state index contributed by atoms with van der Waals surface area (Å²) < 4.78 is 24.4. The van der Waals surface area contributed by atoms with Crippen molar-refractivity contribution >= 4 is 47.5 Å². The molecule has 0 bridgehead atoms. The maximum atomic E-state index is 11.3. The molecule has 1 aliphatic heterocycles. The van der Waals surface area contributed by atoms with Gasteiger partial charge in [0.2, 0.25) is 0 Å². The molecule has 0 atom stereocenters. The molecule has 17 heavy (non-hydrogen) atoms. The third-order valence-electron chi connectivity index (χ3n) is 2.70. The number of hydrogen-bond acceptors (Lipinski definition) is 4. The first-order valence-electron chi connectivity index (χ1n) is 5.24. The molecular weight excluding hydrogens is 372 g/mol. The highest BCUT2D eigenvalue weighted by atomic mass is 79.9. The van der Waals surface area contributed by atoms with Crippen LogP contribution < -0.4 is 5.32 Å². The first-order valence-corrected chi connectivity index (χ1v) is 8.65. The topological polar surface area (TPSA) is 59.1 Å². The summed E-state index contributed by atoms with van der Waals surface area (Å²) in [6.45, 7) is 0. The van der Waals surface area contributed by atoms with Crippen LogP contribution in [-0.4, -0.2) is 30.9 Å². The van der Waals surface area contributed by atoms with E-state index in [4.69, 9.17) is 0 Å². The second kappa shape index (κ2) is 5.24. The Balaban J connectivity index is 2.02. The first kappa shape index (κ1) is 13.3. The van der Waals surface area contributed by atoms with Gasteiger partial charge >= 0.3 is 0 Å². The summed E-state index contributed by atoms with van der Waals surface area (Å²) >= 11 is 6.76. The second-order valence-electron chi connectivity index (χ2n) is 4.05. The molecule has 7 heteroatoms. The number of sulfone groups is 1. The lowest BCUT2D eigenvalue weighted by Gasteiger charge is -2.23. The van der Waals surface area contributed by atoms with Crippen LogP contribution in [-0.2, 0) is 9.84 Å². The molecule has 0 saturated carbocycles. The fraction of sp³-hybridized carbons (Fsp3) is 0.500. The van der Waals surface area contributed by atoms with Crippen LogP contribution in [0.5, 0.6) is 0 Å². The Morgan fingerprint density at radius 2 is 1.94 bits per heavy atom. The third kappa shape index (κ3) is 3.66. The summed E-state index contributed by atoms with van der Waals surface area (Å²) in [5, 5.41) is 3.27. The van der Waals surface area contributed by atoms with Gasteiger partial charge in [0.15, 0.2) is 0 Å². The summed E-state index contributed by atoms with van der Waals surface area (Å²) in [5.41, 5.74) is 0. The normalized spacial score (nSPS) is 20.1. The number of rotatable bonds is 2. The van der Waals surface area contributed by atoms with Crippen LogP contribution in [0.15, 0.2) is 21.2 Å². The van der Waals surface area contributed by atoms with Crippen molar-refractivity contribution in [3.63, 3.8) is 0 Å². The van der Waals surface area contributed by atoms with E-state index in [1.807, 2.05) is 6.07 Å². The average Bonchev–Trinajstić information content (AvgIpc) is 2.25. The number of anilines is 1. The zero-order valence-corrected chi connectivity index (χ0v) is 13.0. The van der Waals surface area contributed by atoms with Crippen LogP contribution in [0, 0.1) is 0 Å². The van der Waals surface area contributed by atoms with Gasteiger partial charge in [0.1, 0.15) is 15.7 Å². The first-order chi connectivity index (χ1) is 7.96. The zero-order valence-electron chi connectivity index (χ0n) is 8.99. The minimum absolute atomic E-state index is 0.184. The van der Waals surface area contributed by atoms with E-state index in [0.29, 0.717) is 12.8 Å². The predicted molar refractivity (Wildman–Crippen MR) is 74.9 cm³/mol. The van der Waals surface area contributed by atoms with Crippen molar-refractivity contribution in [1.82, 2.24) is 4.98 Å². The lowest BCUT2D eigenvalue weighted by molar-refractivity contribution is 0.559. The standard InChI is InChI=1S/C10H12Br2N2O2S/c11-7-5-9(12)10(13-6-7)14-8-1-3-17(15,16)4-2-8/h5-6,8H,1-4H2,(H,13,14). The van der Waals surface area contributed by atoms with Crippen molar-refractivity contribution in [2.24, 2.45) is 0 Å². The Kier molecular flexibility index (Phi) is 4.10. The van der Waals surface area contributed by atoms with E-state index in [2.05, 4.69) is 42.2 Å². The quantitative estimate of drug-likeness (QED) is 0.852. The largest absolute Gasteiger partial charge is 0.366 e. The minimum Gasteiger partial charge on any atom is -0.366 e.